The van der Waals surface area contributed by atoms with E-state index in [4.69, 9.17) is 13.9 Å². The molecule has 0 spiro atoms. The van der Waals surface area contributed by atoms with Crippen molar-refractivity contribution in [3.63, 3.8) is 0 Å². The highest BCUT2D eigenvalue weighted by Crippen LogP contribution is 2.27. The Morgan fingerprint density at radius 1 is 1.15 bits per heavy atom. The Kier molecular flexibility index (Phi) is 7.26. The van der Waals surface area contributed by atoms with Crippen LogP contribution in [0.4, 0.5) is 11.4 Å². The largest absolute Gasteiger partial charge is 0.497 e. The summed E-state index contributed by atoms with van der Waals surface area (Å²) in [6, 6.07) is 13.2. The highest BCUT2D eigenvalue weighted by Gasteiger charge is 2.22. The van der Waals surface area contributed by atoms with Gasteiger partial charge in [-0.15, -0.1) is 0 Å². The van der Waals surface area contributed by atoms with Gasteiger partial charge in [-0.1, -0.05) is 12.1 Å². The lowest BCUT2D eigenvalue weighted by atomic mass is 9.97. The molecule has 1 aliphatic heterocycles. The lowest BCUT2D eigenvalue weighted by molar-refractivity contribution is -0.117. The molecule has 0 unspecified atom stereocenters. The molecule has 1 atom stereocenters. The number of carbonyl (C=O) groups excluding carboxylic acids is 2. The van der Waals surface area contributed by atoms with Gasteiger partial charge in [0.05, 0.1) is 44.5 Å². The summed E-state index contributed by atoms with van der Waals surface area (Å²) in [6.07, 6.45) is 2.56. The summed E-state index contributed by atoms with van der Waals surface area (Å²) >= 11 is 0. The summed E-state index contributed by atoms with van der Waals surface area (Å²) in [6.45, 7) is 4.31. The Morgan fingerprint density at radius 2 is 2.03 bits per heavy atom. The van der Waals surface area contributed by atoms with Crippen molar-refractivity contribution in [3.05, 3.63) is 54.3 Å². The first-order valence-corrected chi connectivity index (χ1v) is 11.0. The highest BCUT2D eigenvalue weighted by molar-refractivity contribution is 5.99. The number of hydrogen-bond donors (Lipinski definition) is 2. The van der Waals surface area contributed by atoms with Crippen molar-refractivity contribution in [3.8, 4) is 5.75 Å². The second-order valence-corrected chi connectivity index (χ2v) is 8.27. The number of anilines is 2. The van der Waals surface area contributed by atoms with E-state index in [1.165, 1.54) is 12.5 Å². The van der Waals surface area contributed by atoms with E-state index in [0.29, 0.717) is 36.9 Å². The van der Waals surface area contributed by atoms with Crippen LogP contribution in [0.2, 0.25) is 0 Å². The quantitative estimate of drug-likeness (QED) is 0.571. The number of fused-ring (bicyclic) bond motifs is 1. The zero-order valence-electron chi connectivity index (χ0n) is 18.9. The van der Waals surface area contributed by atoms with E-state index in [0.717, 1.165) is 23.9 Å². The molecule has 1 aliphatic rings. The van der Waals surface area contributed by atoms with Gasteiger partial charge < -0.3 is 24.5 Å². The molecule has 0 aliphatic carbocycles. The van der Waals surface area contributed by atoms with E-state index in [9.17, 15) is 9.59 Å². The maximum Gasteiger partial charge on any atom is 0.238 e. The molecule has 1 aromatic heterocycles. The Labute approximate surface area is 192 Å². The Morgan fingerprint density at radius 3 is 2.85 bits per heavy atom. The molecule has 2 aromatic carbocycles. The van der Waals surface area contributed by atoms with Crippen LogP contribution >= 0.6 is 0 Å². The summed E-state index contributed by atoms with van der Waals surface area (Å²) in [5.74, 6) is 0.479. The van der Waals surface area contributed by atoms with Crippen LogP contribution < -0.4 is 15.4 Å². The number of nitrogens with one attached hydrogen (secondary N) is 2. The van der Waals surface area contributed by atoms with Crippen LogP contribution in [0.15, 0.2) is 53.1 Å². The van der Waals surface area contributed by atoms with E-state index in [2.05, 4.69) is 21.6 Å². The van der Waals surface area contributed by atoms with Crippen LogP contribution in [0.3, 0.4) is 0 Å². The fourth-order valence-electron chi connectivity index (χ4n) is 4.21. The number of amides is 2. The van der Waals surface area contributed by atoms with Gasteiger partial charge >= 0.3 is 0 Å². The maximum atomic E-state index is 12.9. The summed E-state index contributed by atoms with van der Waals surface area (Å²) < 4.78 is 16.6. The molecule has 0 saturated carbocycles. The molecular formula is C25H29N3O5. The van der Waals surface area contributed by atoms with Gasteiger partial charge in [0, 0.05) is 31.5 Å². The number of rotatable bonds is 7. The zero-order chi connectivity index (χ0) is 23.2. The Hall–Kier alpha value is -3.36. The van der Waals surface area contributed by atoms with Crippen LogP contribution in [0.5, 0.6) is 5.75 Å². The molecule has 4 rings (SSSR count). The van der Waals surface area contributed by atoms with Crippen molar-refractivity contribution in [2.24, 2.45) is 5.92 Å². The van der Waals surface area contributed by atoms with E-state index in [1.807, 2.05) is 18.2 Å². The third-order valence-electron chi connectivity index (χ3n) is 5.70. The average molecular weight is 452 g/mol. The molecular weight excluding hydrogens is 422 g/mol. The van der Waals surface area contributed by atoms with Gasteiger partial charge in [-0.2, -0.15) is 0 Å². The molecule has 8 heteroatoms. The first-order valence-electron chi connectivity index (χ1n) is 11.0. The van der Waals surface area contributed by atoms with E-state index in [-0.39, 0.29) is 24.3 Å². The Bertz CT molecular complexity index is 1130. The summed E-state index contributed by atoms with van der Waals surface area (Å²) in [7, 11) is 1.56. The number of nitrogens with zero attached hydrogens (tertiary/aromatic N) is 1. The van der Waals surface area contributed by atoms with Gasteiger partial charge in [0.2, 0.25) is 11.8 Å². The van der Waals surface area contributed by atoms with Gasteiger partial charge in [0.15, 0.2) is 0 Å². The Balaban J connectivity index is 1.41. The predicted octanol–water partition coefficient (Wildman–Crippen LogP) is 3.53. The van der Waals surface area contributed by atoms with Crippen molar-refractivity contribution >= 4 is 34.2 Å². The molecule has 3 aromatic rings. The number of carbonyl (C=O) groups is 2. The van der Waals surface area contributed by atoms with Crippen molar-refractivity contribution in [2.45, 2.75) is 13.3 Å². The minimum absolute atomic E-state index is 0.160. The average Bonchev–Trinajstić information content (AvgIpc) is 3.17. The third-order valence-corrected chi connectivity index (χ3v) is 5.70. The molecule has 2 amide bonds. The van der Waals surface area contributed by atoms with Crippen LogP contribution in [0.1, 0.15) is 12.5 Å². The second-order valence-electron chi connectivity index (χ2n) is 8.27. The lowest BCUT2D eigenvalue weighted by Gasteiger charge is -2.23. The molecule has 1 saturated heterocycles. The minimum atomic E-state index is -0.212. The molecule has 2 heterocycles. The monoisotopic (exact) mass is 451 g/mol. The maximum absolute atomic E-state index is 12.9. The zero-order valence-corrected chi connectivity index (χ0v) is 18.9. The standard InChI is InChI=1S/C25H29N3O5/c1-17(29)26-22-7-6-20(31-2)13-23(22)27-25(30)15-28-9-11-32-16-18(14-28)12-19-4-3-5-24-21(19)8-10-33-24/h3-8,10,13,18H,9,11-12,14-16H2,1-2H3,(H,26,29)(H,27,30)/t18-/m0/s1. The number of methoxy groups -OCH3 is 1. The molecule has 174 valence electrons. The fourth-order valence-corrected chi connectivity index (χ4v) is 4.21. The molecule has 0 radical (unpaired) electrons. The van der Waals surface area contributed by atoms with Gasteiger partial charge in [-0.05, 0) is 42.2 Å². The molecule has 1 fully saturated rings. The summed E-state index contributed by atoms with van der Waals surface area (Å²) in [5, 5.41) is 6.77. The van der Waals surface area contributed by atoms with Gasteiger partial charge in [0.1, 0.15) is 11.3 Å². The van der Waals surface area contributed by atoms with Crippen LogP contribution in [0.25, 0.3) is 11.0 Å². The van der Waals surface area contributed by atoms with Gasteiger partial charge in [0.25, 0.3) is 0 Å². The fraction of sp³-hybridized carbons (Fsp3) is 0.360. The van der Waals surface area contributed by atoms with E-state index >= 15 is 0 Å². The molecule has 2 N–H and O–H groups in total. The number of hydrogen-bond acceptors (Lipinski definition) is 6. The second kappa shape index (κ2) is 10.5. The third kappa shape index (κ3) is 5.91. The van der Waals surface area contributed by atoms with E-state index in [1.54, 1.807) is 31.6 Å². The van der Waals surface area contributed by atoms with Crippen LogP contribution in [-0.2, 0) is 20.7 Å². The SMILES string of the molecule is COc1ccc(NC(C)=O)c(NC(=O)CN2CCOC[C@@H](Cc3cccc4occc34)C2)c1. The topological polar surface area (TPSA) is 93.0 Å². The normalized spacial score (nSPS) is 16.8. The number of furan rings is 1. The minimum Gasteiger partial charge on any atom is -0.497 e. The highest BCUT2D eigenvalue weighted by atomic mass is 16.5. The van der Waals surface area contributed by atoms with Crippen LogP contribution in [0, 0.1) is 5.92 Å². The lowest BCUT2D eigenvalue weighted by Crippen LogP contribution is -2.37. The van der Waals surface area contributed by atoms with Crippen molar-refractivity contribution < 1.29 is 23.5 Å². The first kappa shape index (κ1) is 22.8. The molecule has 0 bridgehead atoms. The van der Waals surface area contributed by atoms with Gasteiger partial charge in [-0.3, -0.25) is 14.5 Å². The van der Waals surface area contributed by atoms with Crippen molar-refractivity contribution in [1.82, 2.24) is 4.90 Å². The predicted molar refractivity (Wildman–Crippen MR) is 127 cm³/mol. The number of benzene rings is 2. The van der Waals surface area contributed by atoms with Crippen molar-refractivity contribution in [2.75, 3.05) is 50.6 Å². The van der Waals surface area contributed by atoms with Gasteiger partial charge in [-0.25, -0.2) is 0 Å². The smallest absolute Gasteiger partial charge is 0.238 e. The first-order chi connectivity index (χ1) is 16.0. The summed E-state index contributed by atoms with van der Waals surface area (Å²) in [4.78, 5) is 26.5. The van der Waals surface area contributed by atoms with E-state index < -0.39 is 0 Å². The number of ether oxygens (including phenoxy) is 2. The molecule has 33 heavy (non-hydrogen) atoms. The van der Waals surface area contributed by atoms with Crippen molar-refractivity contribution in [1.29, 1.82) is 0 Å². The summed E-state index contributed by atoms with van der Waals surface area (Å²) in [5.41, 5.74) is 3.13. The van der Waals surface area contributed by atoms with Crippen LogP contribution in [-0.4, -0.2) is 56.7 Å². The molecule has 8 nitrogen and oxygen atoms in total.